The maximum Gasteiger partial charge on any atom is 0.410 e. The van der Waals surface area contributed by atoms with E-state index in [4.69, 9.17) is 9.26 Å². The van der Waals surface area contributed by atoms with Crippen molar-refractivity contribution in [3.05, 3.63) is 17.5 Å². The lowest BCUT2D eigenvalue weighted by molar-refractivity contribution is -0.00514. The van der Waals surface area contributed by atoms with E-state index in [1.807, 2.05) is 48.5 Å². The molecule has 0 unspecified atom stereocenters. The second-order valence-electron chi connectivity index (χ2n) is 8.07. The SMILES string of the molecule is CC(C)c1cc(C(=O)N2[C@@H](C)CN(C(=O)OC(C)(C)C)C[C@@H]2C)no1. The zero-order valence-corrected chi connectivity index (χ0v) is 16.2. The predicted molar refractivity (Wildman–Crippen MR) is 93.5 cm³/mol. The van der Waals surface area contributed by atoms with Gasteiger partial charge >= 0.3 is 6.09 Å². The molecule has 0 saturated carbocycles. The standard InChI is InChI=1S/C18H29N3O4/c1-11(2)15-8-14(19-25-15)16(22)21-12(3)9-20(10-13(21)4)17(23)24-18(5,6)7/h8,11-13H,9-10H2,1-7H3/t12-,13-/m0/s1. The fourth-order valence-electron chi connectivity index (χ4n) is 2.99. The predicted octanol–water partition coefficient (Wildman–Crippen LogP) is 3.27. The summed E-state index contributed by atoms with van der Waals surface area (Å²) in [6, 6.07) is 1.43. The van der Waals surface area contributed by atoms with Gasteiger partial charge in [0.05, 0.1) is 0 Å². The topological polar surface area (TPSA) is 75.9 Å². The Morgan fingerprint density at radius 2 is 1.80 bits per heavy atom. The van der Waals surface area contributed by atoms with Crippen LogP contribution < -0.4 is 0 Å². The van der Waals surface area contributed by atoms with Crippen LogP contribution >= 0.6 is 0 Å². The molecular formula is C18H29N3O4. The molecule has 0 bridgehead atoms. The van der Waals surface area contributed by atoms with Crippen LogP contribution in [0.1, 0.15) is 70.6 Å². The van der Waals surface area contributed by atoms with Crippen molar-refractivity contribution in [3.8, 4) is 0 Å². The lowest BCUT2D eigenvalue weighted by Crippen LogP contribution is -2.60. The van der Waals surface area contributed by atoms with Gasteiger partial charge in [0.15, 0.2) is 5.69 Å². The summed E-state index contributed by atoms with van der Waals surface area (Å²) < 4.78 is 10.7. The highest BCUT2D eigenvalue weighted by Gasteiger charge is 2.37. The molecule has 0 radical (unpaired) electrons. The van der Waals surface area contributed by atoms with Gasteiger partial charge in [-0.15, -0.1) is 0 Å². The number of piperazine rings is 1. The van der Waals surface area contributed by atoms with Crippen molar-refractivity contribution in [1.29, 1.82) is 0 Å². The molecule has 0 aromatic carbocycles. The summed E-state index contributed by atoms with van der Waals surface area (Å²) in [5, 5.41) is 3.91. The molecule has 2 amide bonds. The zero-order chi connectivity index (χ0) is 18.9. The van der Waals surface area contributed by atoms with Gasteiger partial charge in [-0.1, -0.05) is 19.0 Å². The van der Waals surface area contributed by atoms with Crippen molar-refractivity contribution in [2.75, 3.05) is 13.1 Å². The maximum atomic E-state index is 12.8. The largest absolute Gasteiger partial charge is 0.444 e. The van der Waals surface area contributed by atoms with Crippen molar-refractivity contribution < 1.29 is 18.8 Å². The molecule has 0 spiro atoms. The molecule has 2 atom stereocenters. The Kier molecular flexibility index (Phi) is 5.44. The fourth-order valence-corrected chi connectivity index (χ4v) is 2.99. The summed E-state index contributed by atoms with van der Waals surface area (Å²) in [7, 11) is 0. The van der Waals surface area contributed by atoms with Gasteiger partial charge in [-0.25, -0.2) is 4.79 Å². The molecule has 1 aliphatic rings. The van der Waals surface area contributed by atoms with Crippen LogP contribution in [-0.2, 0) is 4.74 Å². The third kappa shape index (κ3) is 4.52. The summed E-state index contributed by atoms with van der Waals surface area (Å²) in [6.45, 7) is 14.2. The first-order chi connectivity index (χ1) is 11.5. The van der Waals surface area contributed by atoms with E-state index < -0.39 is 5.60 Å². The Bertz CT molecular complexity index is 621. The van der Waals surface area contributed by atoms with Gasteiger partial charge in [0.2, 0.25) is 0 Å². The Labute approximate surface area is 149 Å². The average Bonchev–Trinajstić information content (AvgIpc) is 2.94. The molecule has 0 aliphatic carbocycles. The van der Waals surface area contributed by atoms with E-state index in [0.29, 0.717) is 24.5 Å². The van der Waals surface area contributed by atoms with E-state index in [2.05, 4.69) is 5.16 Å². The lowest BCUT2D eigenvalue weighted by Gasteiger charge is -2.44. The van der Waals surface area contributed by atoms with Gasteiger partial charge in [-0.05, 0) is 34.6 Å². The number of hydrogen-bond donors (Lipinski definition) is 0. The molecule has 140 valence electrons. The molecule has 0 N–H and O–H groups in total. The van der Waals surface area contributed by atoms with Gasteiger partial charge < -0.3 is 19.1 Å². The highest BCUT2D eigenvalue weighted by atomic mass is 16.6. The van der Waals surface area contributed by atoms with Crippen LogP contribution in [0.25, 0.3) is 0 Å². The van der Waals surface area contributed by atoms with Gasteiger partial charge in [0.1, 0.15) is 11.4 Å². The number of nitrogens with zero attached hydrogens (tertiary/aromatic N) is 3. The van der Waals surface area contributed by atoms with Gasteiger partial charge in [0.25, 0.3) is 5.91 Å². The normalized spacial score (nSPS) is 21.6. The number of rotatable bonds is 2. The molecular weight excluding hydrogens is 322 g/mol. The Morgan fingerprint density at radius 3 is 2.24 bits per heavy atom. The van der Waals surface area contributed by atoms with Crippen molar-refractivity contribution >= 4 is 12.0 Å². The Balaban J connectivity index is 2.09. The van der Waals surface area contributed by atoms with E-state index in [1.165, 1.54) is 0 Å². The Hall–Kier alpha value is -2.05. The summed E-state index contributed by atoms with van der Waals surface area (Å²) in [4.78, 5) is 28.6. The van der Waals surface area contributed by atoms with Gasteiger partial charge in [0, 0.05) is 37.2 Å². The first-order valence-electron chi connectivity index (χ1n) is 8.76. The van der Waals surface area contributed by atoms with Crippen molar-refractivity contribution in [1.82, 2.24) is 15.0 Å². The highest BCUT2D eigenvalue weighted by molar-refractivity contribution is 5.93. The molecule has 7 heteroatoms. The van der Waals surface area contributed by atoms with Crippen LogP contribution in [0.15, 0.2) is 10.6 Å². The van der Waals surface area contributed by atoms with Crippen LogP contribution in [0.2, 0.25) is 0 Å². The minimum Gasteiger partial charge on any atom is -0.444 e. The molecule has 1 aromatic heterocycles. The molecule has 1 saturated heterocycles. The summed E-state index contributed by atoms with van der Waals surface area (Å²) in [5.41, 5.74) is -0.224. The number of carbonyl (C=O) groups is 2. The summed E-state index contributed by atoms with van der Waals surface area (Å²) >= 11 is 0. The Morgan fingerprint density at radius 1 is 1.24 bits per heavy atom. The van der Waals surface area contributed by atoms with Crippen molar-refractivity contribution in [2.24, 2.45) is 0 Å². The average molecular weight is 351 g/mol. The number of hydrogen-bond acceptors (Lipinski definition) is 5. The van der Waals surface area contributed by atoms with Gasteiger partial charge in [-0.3, -0.25) is 4.79 Å². The molecule has 2 heterocycles. The first-order valence-corrected chi connectivity index (χ1v) is 8.76. The maximum absolute atomic E-state index is 12.8. The number of ether oxygens (including phenoxy) is 1. The van der Waals surface area contributed by atoms with Crippen molar-refractivity contribution in [3.63, 3.8) is 0 Å². The van der Waals surface area contributed by atoms with E-state index in [1.54, 1.807) is 15.9 Å². The number of aromatic nitrogens is 1. The van der Waals surface area contributed by atoms with Crippen LogP contribution in [-0.4, -0.2) is 57.7 Å². The van der Waals surface area contributed by atoms with E-state index in [0.717, 1.165) is 0 Å². The van der Waals surface area contributed by atoms with Crippen molar-refractivity contribution in [2.45, 2.75) is 72.1 Å². The number of amides is 2. The number of carbonyl (C=O) groups excluding carboxylic acids is 2. The molecule has 1 fully saturated rings. The first kappa shape index (κ1) is 19.3. The van der Waals surface area contributed by atoms with E-state index >= 15 is 0 Å². The van der Waals surface area contributed by atoms with Crippen LogP contribution in [0.4, 0.5) is 4.79 Å². The van der Waals surface area contributed by atoms with Crippen LogP contribution in [0, 0.1) is 0 Å². The second-order valence-corrected chi connectivity index (χ2v) is 8.07. The molecule has 1 aromatic rings. The lowest BCUT2D eigenvalue weighted by atomic mass is 10.1. The molecule has 25 heavy (non-hydrogen) atoms. The molecule has 7 nitrogen and oxygen atoms in total. The smallest absolute Gasteiger partial charge is 0.410 e. The highest BCUT2D eigenvalue weighted by Crippen LogP contribution is 2.22. The summed E-state index contributed by atoms with van der Waals surface area (Å²) in [6.07, 6.45) is -0.346. The minimum absolute atomic E-state index is 0.136. The second kappa shape index (κ2) is 7.06. The fraction of sp³-hybridized carbons (Fsp3) is 0.722. The summed E-state index contributed by atoms with van der Waals surface area (Å²) in [5.74, 6) is 0.698. The quantitative estimate of drug-likeness (QED) is 0.817. The zero-order valence-electron chi connectivity index (χ0n) is 16.2. The third-order valence-electron chi connectivity index (χ3n) is 4.12. The third-order valence-corrected chi connectivity index (χ3v) is 4.12. The molecule has 1 aliphatic heterocycles. The van der Waals surface area contributed by atoms with Crippen LogP contribution in [0.3, 0.4) is 0 Å². The monoisotopic (exact) mass is 351 g/mol. The van der Waals surface area contributed by atoms with Crippen LogP contribution in [0.5, 0.6) is 0 Å². The van der Waals surface area contributed by atoms with Gasteiger partial charge in [-0.2, -0.15) is 0 Å². The van der Waals surface area contributed by atoms with E-state index in [9.17, 15) is 9.59 Å². The van der Waals surface area contributed by atoms with E-state index in [-0.39, 0.29) is 30.0 Å². The minimum atomic E-state index is -0.537. The molecule has 2 rings (SSSR count).